The number of rotatable bonds is 3. The van der Waals surface area contributed by atoms with E-state index >= 15 is 0 Å². The van der Waals surface area contributed by atoms with Crippen molar-refractivity contribution in [1.82, 2.24) is 5.32 Å². The summed E-state index contributed by atoms with van der Waals surface area (Å²) in [4.78, 5) is 15.3. The summed E-state index contributed by atoms with van der Waals surface area (Å²) >= 11 is 11.5. The molecule has 0 aromatic heterocycles. The second-order valence-corrected chi connectivity index (χ2v) is 4.16. The highest BCUT2D eigenvalue weighted by Gasteiger charge is 2.18. The molecular formula is C10H14Cl2N2O2. The lowest BCUT2D eigenvalue weighted by Gasteiger charge is -2.23. The molecule has 0 spiro atoms. The van der Waals surface area contributed by atoms with Crippen LogP contribution in [0.25, 0.3) is 0 Å². The Morgan fingerprint density at radius 3 is 2.81 bits per heavy atom. The second-order valence-electron chi connectivity index (χ2n) is 3.38. The standard InChI is InChI=1S/C10H14Cl2N2O2/c1-13-6-7(11)9(12)10(15)14-8-4-2-3-5-16-8/h6,8H,2-5H2,1H3,(H,14,15)/b9-7-,13-6?. The summed E-state index contributed by atoms with van der Waals surface area (Å²) in [7, 11) is 1.55. The summed E-state index contributed by atoms with van der Waals surface area (Å²) in [5.74, 6) is -0.432. The molecule has 90 valence electrons. The number of amides is 1. The quantitative estimate of drug-likeness (QED) is 0.627. The molecule has 1 heterocycles. The average Bonchev–Trinajstić information content (AvgIpc) is 2.29. The molecule has 1 aliphatic heterocycles. The number of nitrogens with one attached hydrogen (secondary N) is 1. The number of carbonyl (C=O) groups excluding carboxylic acids is 1. The third-order valence-corrected chi connectivity index (χ3v) is 2.88. The molecule has 0 saturated carbocycles. The molecule has 1 fully saturated rings. The van der Waals surface area contributed by atoms with Crippen molar-refractivity contribution in [3.05, 3.63) is 10.1 Å². The van der Waals surface area contributed by atoms with Crippen LogP contribution in [0.3, 0.4) is 0 Å². The van der Waals surface area contributed by atoms with Gasteiger partial charge < -0.3 is 10.1 Å². The number of allylic oxidation sites excluding steroid dienone is 1. The van der Waals surface area contributed by atoms with E-state index in [1.54, 1.807) is 7.05 Å². The summed E-state index contributed by atoms with van der Waals surface area (Å²) in [5, 5.41) is 2.72. The first-order chi connectivity index (χ1) is 7.65. The SMILES string of the molecule is CN=C/C(Cl)=C(/Cl)C(=O)NC1CCCCO1. The fraction of sp³-hybridized carbons (Fsp3) is 0.600. The zero-order chi connectivity index (χ0) is 12.0. The van der Waals surface area contributed by atoms with Gasteiger partial charge in [0.2, 0.25) is 0 Å². The van der Waals surface area contributed by atoms with Gasteiger partial charge in [-0.3, -0.25) is 9.79 Å². The van der Waals surface area contributed by atoms with Crippen molar-refractivity contribution in [2.24, 2.45) is 4.99 Å². The van der Waals surface area contributed by atoms with E-state index in [1.807, 2.05) is 0 Å². The molecule has 1 saturated heterocycles. The van der Waals surface area contributed by atoms with Crippen LogP contribution in [0.2, 0.25) is 0 Å². The molecule has 0 aromatic carbocycles. The van der Waals surface area contributed by atoms with Crippen molar-refractivity contribution < 1.29 is 9.53 Å². The maximum absolute atomic E-state index is 11.6. The van der Waals surface area contributed by atoms with Crippen LogP contribution >= 0.6 is 23.2 Å². The molecule has 1 amide bonds. The maximum Gasteiger partial charge on any atom is 0.266 e. The predicted molar refractivity (Wildman–Crippen MR) is 64.9 cm³/mol. The Labute approximate surface area is 105 Å². The molecule has 16 heavy (non-hydrogen) atoms. The van der Waals surface area contributed by atoms with Crippen molar-refractivity contribution in [1.29, 1.82) is 0 Å². The summed E-state index contributed by atoms with van der Waals surface area (Å²) in [5.41, 5.74) is 0. The summed E-state index contributed by atoms with van der Waals surface area (Å²) in [6.07, 6.45) is 3.92. The lowest BCUT2D eigenvalue weighted by Crippen LogP contribution is -2.39. The van der Waals surface area contributed by atoms with Crippen LogP contribution < -0.4 is 5.32 Å². The van der Waals surface area contributed by atoms with Gasteiger partial charge in [-0.15, -0.1) is 0 Å². The van der Waals surface area contributed by atoms with Crippen molar-refractivity contribution in [2.45, 2.75) is 25.5 Å². The maximum atomic E-state index is 11.6. The minimum absolute atomic E-state index is 0.0681. The van der Waals surface area contributed by atoms with Crippen LogP contribution in [0.5, 0.6) is 0 Å². The molecule has 1 atom stereocenters. The second kappa shape index (κ2) is 6.89. The summed E-state index contributed by atoms with van der Waals surface area (Å²) < 4.78 is 5.35. The van der Waals surface area contributed by atoms with Crippen molar-refractivity contribution in [3.63, 3.8) is 0 Å². The summed E-state index contributed by atoms with van der Waals surface area (Å²) in [6.45, 7) is 0.663. The van der Waals surface area contributed by atoms with Crippen LogP contribution in [-0.2, 0) is 9.53 Å². The Morgan fingerprint density at radius 2 is 2.25 bits per heavy atom. The number of nitrogens with zero attached hydrogens (tertiary/aromatic N) is 1. The average molecular weight is 265 g/mol. The monoisotopic (exact) mass is 264 g/mol. The lowest BCUT2D eigenvalue weighted by atomic mass is 10.2. The first-order valence-electron chi connectivity index (χ1n) is 5.05. The Bertz CT molecular complexity index is 310. The van der Waals surface area contributed by atoms with Crippen molar-refractivity contribution in [2.75, 3.05) is 13.7 Å². The van der Waals surface area contributed by atoms with Crippen LogP contribution in [0, 0.1) is 0 Å². The van der Waals surface area contributed by atoms with Crippen LogP contribution in [0.4, 0.5) is 0 Å². The molecule has 6 heteroatoms. The molecule has 0 radical (unpaired) electrons. The van der Waals surface area contributed by atoms with E-state index in [9.17, 15) is 4.79 Å². The molecule has 1 aliphatic rings. The Balaban J connectivity index is 2.53. The topological polar surface area (TPSA) is 50.7 Å². The Morgan fingerprint density at radius 1 is 1.50 bits per heavy atom. The number of aliphatic imine (C=N–C) groups is 1. The van der Waals surface area contributed by atoms with E-state index in [2.05, 4.69) is 10.3 Å². The first-order valence-corrected chi connectivity index (χ1v) is 5.80. The normalized spacial score (nSPS) is 23.1. The van der Waals surface area contributed by atoms with Crippen LogP contribution in [-0.4, -0.2) is 32.0 Å². The van der Waals surface area contributed by atoms with Gasteiger partial charge in [-0.1, -0.05) is 23.2 Å². The number of carbonyl (C=O) groups is 1. The zero-order valence-electron chi connectivity index (χ0n) is 9.00. The smallest absolute Gasteiger partial charge is 0.266 e. The predicted octanol–water partition coefficient (Wildman–Crippen LogP) is 2.02. The van der Waals surface area contributed by atoms with Gasteiger partial charge in [0.05, 0.1) is 5.03 Å². The van der Waals surface area contributed by atoms with Crippen molar-refractivity contribution >= 4 is 35.3 Å². The number of ether oxygens (including phenoxy) is 1. The van der Waals surface area contributed by atoms with Gasteiger partial charge in [0.1, 0.15) is 11.3 Å². The van der Waals surface area contributed by atoms with E-state index in [0.29, 0.717) is 6.61 Å². The molecule has 0 bridgehead atoms. The third-order valence-electron chi connectivity index (χ3n) is 2.12. The fourth-order valence-electron chi connectivity index (χ4n) is 1.34. The van der Waals surface area contributed by atoms with Gasteiger partial charge >= 0.3 is 0 Å². The highest BCUT2D eigenvalue weighted by molar-refractivity contribution is 6.52. The van der Waals surface area contributed by atoms with Gasteiger partial charge in [-0.05, 0) is 19.3 Å². The minimum atomic E-state index is -0.432. The Hall–Kier alpha value is -0.580. The van der Waals surface area contributed by atoms with E-state index in [-0.39, 0.29) is 16.3 Å². The van der Waals surface area contributed by atoms with E-state index in [0.717, 1.165) is 19.3 Å². The highest BCUT2D eigenvalue weighted by atomic mass is 35.5. The number of halogens is 2. The molecule has 0 aromatic rings. The van der Waals surface area contributed by atoms with Crippen LogP contribution in [0.1, 0.15) is 19.3 Å². The molecule has 1 unspecified atom stereocenters. The lowest BCUT2D eigenvalue weighted by molar-refractivity contribution is -0.122. The van der Waals surface area contributed by atoms with E-state index < -0.39 is 5.91 Å². The van der Waals surface area contributed by atoms with Crippen LogP contribution in [0.15, 0.2) is 15.1 Å². The summed E-state index contributed by atoms with van der Waals surface area (Å²) in [6, 6.07) is 0. The molecule has 1 rings (SSSR count). The highest BCUT2D eigenvalue weighted by Crippen LogP contribution is 2.15. The van der Waals surface area contributed by atoms with E-state index in [4.69, 9.17) is 27.9 Å². The first kappa shape index (κ1) is 13.5. The number of hydrogen-bond acceptors (Lipinski definition) is 3. The number of hydrogen-bond donors (Lipinski definition) is 1. The van der Waals surface area contributed by atoms with Gasteiger partial charge in [-0.2, -0.15) is 0 Å². The Kier molecular flexibility index (Phi) is 5.80. The van der Waals surface area contributed by atoms with Crippen molar-refractivity contribution in [3.8, 4) is 0 Å². The molecule has 0 aliphatic carbocycles. The van der Waals surface area contributed by atoms with Gasteiger partial charge in [0.15, 0.2) is 0 Å². The fourth-order valence-corrected chi connectivity index (χ4v) is 1.63. The molecule has 4 nitrogen and oxygen atoms in total. The van der Waals surface area contributed by atoms with E-state index in [1.165, 1.54) is 6.21 Å². The zero-order valence-corrected chi connectivity index (χ0v) is 10.5. The van der Waals surface area contributed by atoms with Gasteiger partial charge in [0, 0.05) is 19.9 Å². The van der Waals surface area contributed by atoms with Gasteiger partial charge in [-0.25, -0.2) is 0 Å². The molecular weight excluding hydrogens is 251 g/mol. The largest absolute Gasteiger partial charge is 0.359 e. The third kappa shape index (κ3) is 4.12. The minimum Gasteiger partial charge on any atom is -0.359 e. The van der Waals surface area contributed by atoms with Gasteiger partial charge in [0.25, 0.3) is 5.91 Å². The molecule has 1 N–H and O–H groups in total.